The lowest BCUT2D eigenvalue weighted by Crippen LogP contribution is -2.35. The molecule has 31 heavy (non-hydrogen) atoms. The molecule has 0 saturated heterocycles. The Bertz CT molecular complexity index is 1100. The van der Waals surface area contributed by atoms with E-state index in [2.05, 4.69) is 10.1 Å². The quantitative estimate of drug-likeness (QED) is 0.524. The number of nitrogens with one attached hydrogen (secondary N) is 1. The van der Waals surface area contributed by atoms with E-state index in [1.807, 2.05) is 0 Å². The number of carbonyl (C=O) groups excluding carboxylic acids is 1. The van der Waals surface area contributed by atoms with Gasteiger partial charge < -0.3 is 15.2 Å². The zero-order valence-corrected chi connectivity index (χ0v) is 16.4. The van der Waals surface area contributed by atoms with Crippen LogP contribution in [0.25, 0.3) is 11.1 Å². The van der Waals surface area contributed by atoms with Gasteiger partial charge in [-0.3, -0.25) is 4.79 Å². The van der Waals surface area contributed by atoms with Crippen LogP contribution in [0.1, 0.15) is 22.0 Å². The number of hydrogen-bond acceptors (Lipinski definition) is 3. The lowest BCUT2D eigenvalue weighted by Gasteiger charge is -2.22. The van der Waals surface area contributed by atoms with E-state index in [1.54, 1.807) is 36.4 Å². The largest absolute Gasteiger partial charge is 0.573 e. The van der Waals surface area contributed by atoms with Crippen molar-refractivity contribution in [2.24, 2.45) is 0 Å². The number of alkyl halides is 3. The molecule has 3 rings (SSSR count). The fraction of sp³-hybridized carbons (Fsp3) is 0.0909. The lowest BCUT2D eigenvalue weighted by atomic mass is 9.93. The van der Waals surface area contributed by atoms with Gasteiger partial charge in [-0.2, -0.15) is 0 Å². The van der Waals surface area contributed by atoms with Crippen molar-refractivity contribution in [1.82, 2.24) is 5.32 Å². The van der Waals surface area contributed by atoms with Crippen molar-refractivity contribution in [2.75, 3.05) is 0 Å². The number of amides is 1. The monoisotopic (exact) mass is 449 g/mol. The number of carboxylic acids is 1. The average Bonchev–Trinajstić information content (AvgIpc) is 2.71. The Balaban J connectivity index is 2.14. The smallest absolute Gasteiger partial charge is 0.479 e. The third-order valence-electron chi connectivity index (χ3n) is 4.31. The van der Waals surface area contributed by atoms with Gasteiger partial charge in [-0.15, -0.1) is 13.2 Å². The molecule has 5 nitrogen and oxygen atoms in total. The zero-order valence-electron chi connectivity index (χ0n) is 15.7. The Morgan fingerprint density at radius 1 is 0.935 bits per heavy atom. The van der Waals surface area contributed by atoms with E-state index in [4.69, 9.17) is 11.6 Å². The third-order valence-corrected chi connectivity index (χ3v) is 4.64. The van der Waals surface area contributed by atoms with Gasteiger partial charge in [0.15, 0.2) is 6.04 Å². The molecule has 3 aromatic carbocycles. The van der Waals surface area contributed by atoms with Crippen LogP contribution in [0.15, 0.2) is 72.8 Å². The maximum absolute atomic E-state index is 13.0. The van der Waals surface area contributed by atoms with Gasteiger partial charge in [0.05, 0.1) is 10.6 Å². The highest BCUT2D eigenvalue weighted by atomic mass is 35.5. The summed E-state index contributed by atoms with van der Waals surface area (Å²) < 4.78 is 43.2. The van der Waals surface area contributed by atoms with E-state index >= 15 is 0 Å². The molecule has 2 N–H and O–H groups in total. The average molecular weight is 450 g/mol. The van der Waals surface area contributed by atoms with Crippen molar-refractivity contribution in [2.45, 2.75) is 12.4 Å². The Morgan fingerprint density at radius 3 is 2.19 bits per heavy atom. The second kappa shape index (κ2) is 9.09. The number of rotatable bonds is 6. The van der Waals surface area contributed by atoms with Crippen LogP contribution in [0, 0.1) is 0 Å². The van der Waals surface area contributed by atoms with Crippen LogP contribution in [0.5, 0.6) is 5.75 Å². The number of carbonyl (C=O) groups is 2. The highest BCUT2D eigenvalue weighted by Crippen LogP contribution is 2.38. The van der Waals surface area contributed by atoms with Crippen LogP contribution in [0.3, 0.4) is 0 Å². The number of benzene rings is 3. The predicted molar refractivity (Wildman–Crippen MR) is 108 cm³/mol. The van der Waals surface area contributed by atoms with Crippen LogP contribution < -0.4 is 10.1 Å². The van der Waals surface area contributed by atoms with Crippen molar-refractivity contribution in [3.05, 3.63) is 88.9 Å². The lowest BCUT2D eigenvalue weighted by molar-refractivity contribution is -0.275. The van der Waals surface area contributed by atoms with E-state index in [0.717, 1.165) is 6.07 Å². The van der Waals surface area contributed by atoms with Crippen LogP contribution in [-0.2, 0) is 4.79 Å². The van der Waals surface area contributed by atoms with E-state index in [9.17, 15) is 27.9 Å². The van der Waals surface area contributed by atoms with Gasteiger partial charge in [-0.05, 0) is 29.3 Å². The number of ether oxygens (including phenoxy) is 1. The minimum Gasteiger partial charge on any atom is -0.479 e. The molecule has 9 heteroatoms. The molecule has 0 aromatic heterocycles. The minimum absolute atomic E-state index is 0.0223. The minimum atomic E-state index is -5.07. The molecule has 0 heterocycles. The molecule has 0 aliphatic carbocycles. The second-order valence-corrected chi connectivity index (χ2v) is 6.76. The summed E-state index contributed by atoms with van der Waals surface area (Å²) in [4.78, 5) is 24.7. The molecule has 1 atom stereocenters. The van der Waals surface area contributed by atoms with Gasteiger partial charge in [0.2, 0.25) is 0 Å². The fourth-order valence-electron chi connectivity index (χ4n) is 3.04. The summed E-state index contributed by atoms with van der Waals surface area (Å²) in [6.45, 7) is 0. The Kier molecular flexibility index (Phi) is 6.50. The first kappa shape index (κ1) is 22.2. The molecule has 0 aliphatic heterocycles. The third kappa shape index (κ3) is 5.35. The normalized spacial score (nSPS) is 12.1. The molecule has 1 unspecified atom stereocenters. The highest BCUT2D eigenvalue weighted by molar-refractivity contribution is 6.33. The fourth-order valence-corrected chi connectivity index (χ4v) is 3.26. The molecule has 0 radical (unpaired) electrons. The van der Waals surface area contributed by atoms with Gasteiger partial charge in [0, 0.05) is 5.56 Å². The molecule has 0 spiro atoms. The summed E-state index contributed by atoms with van der Waals surface area (Å²) in [5, 5.41) is 12.1. The van der Waals surface area contributed by atoms with Crippen LogP contribution in [0.4, 0.5) is 13.2 Å². The Morgan fingerprint density at radius 2 is 1.58 bits per heavy atom. The molecule has 0 bridgehead atoms. The summed E-state index contributed by atoms with van der Waals surface area (Å²) in [5.41, 5.74) is 0.238. The summed E-state index contributed by atoms with van der Waals surface area (Å²) in [6, 6.07) is 16.0. The molecule has 1 amide bonds. The van der Waals surface area contributed by atoms with E-state index in [-0.39, 0.29) is 21.7 Å². The van der Waals surface area contributed by atoms with Gasteiger partial charge in [-0.1, -0.05) is 66.2 Å². The standard InChI is InChI=1S/C22H15ClF3NO4/c23-16-11-5-4-9-15(16)20(28)27-19(21(29)30)18-14(13-7-2-1-3-8-13)10-6-12-17(18)31-22(24,25)26/h1-12,19H,(H,27,28)(H,29,30). The first-order valence-corrected chi connectivity index (χ1v) is 9.27. The maximum Gasteiger partial charge on any atom is 0.573 e. The number of hydrogen-bond donors (Lipinski definition) is 2. The van der Waals surface area contributed by atoms with Gasteiger partial charge in [0.25, 0.3) is 5.91 Å². The molecular formula is C22H15ClF3NO4. The Hall–Kier alpha value is -3.52. The Labute approximate surface area is 180 Å². The van der Waals surface area contributed by atoms with Crippen LogP contribution in [-0.4, -0.2) is 23.3 Å². The first-order chi connectivity index (χ1) is 14.7. The van der Waals surface area contributed by atoms with Gasteiger partial charge in [-0.25, -0.2) is 4.79 Å². The van der Waals surface area contributed by atoms with Crippen molar-refractivity contribution in [1.29, 1.82) is 0 Å². The predicted octanol–water partition coefficient (Wildman–Crippen LogP) is 5.46. The SMILES string of the molecule is O=C(NC(C(=O)O)c1c(OC(F)(F)F)cccc1-c1ccccc1)c1ccccc1Cl. The first-order valence-electron chi connectivity index (χ1n) is 8.89. The molecule has 0 saturated carbocycles. The summed E-state index contributed by atoms with van der Waals surface area (Å²) >= 11 is 5.99. The van der Waals surface area contributed by atoms with Gasteiger partial charge >= 0.3 is 12.3 Å². The maximum atomic E-state index is 13.0. The van der Waals surface area contributed by atoms with Crippen molar-refractivity contribution in [3.63, 3.8) is 0 Å². The van der Waals surface area contributed by atoms with Crippen LogP contribution in [0.2, 0.25) is 5.02 Å². The second-order valence-electron chi connectivity index (χ2n) is 6.36. The van der Waals surface area contributed by atoms with E-state index < -0.39 is 30.0 Å². The number of carboxylic acid groups (broad SMARTS) is 1. The van der Waals surface area contributed by atoms with Crippen molar-refractivity contribution >= 4 is 23.5 Å². The molecule has 0 aliphatic rings. The van der Waals surface area contributed by atoms with E-state index in [1.165, 1.54) is 30.3 Å². The summed E-state index contributed by atoms with van der Waals surface area (Å²) in [5.74, 6) is -3.17. The zero-order chi connectivity index (χ0) is 22.6. The number of aliphatic carboxylic acids is 1. The van der Waals surface area contributed by atoms with Crippen LogP contribution >= 0.6 is 11.6 Å². The van der Waals surface area contributed by atoms with E-state index in [0.29, 0.717) is 5.56 Å². The topological polar surface area (TPSA) is 75.6 Å². The summed E-state index contributed by atoms with van der Waals surface area (Å²) in [7, 11) is 0. The molecule has 160 valence electrons. The highest BCUT2D eigenvalue weighted by Gasteiger charge is 2.36. The van der Waals surface area contributed by atoms with Gasteiger partial charge in [0.1, 0.15) is 5.75 Å². The van der Waals surface area contributed by atoms with Crippen molar-refractivity contribution in [3.8, 4) is 16.9 Å². The van der Waals surface area contributed by atoms with Crippen molar-refractivity contribution < 1.29 is 32.6 Å². The molecule has 3 aromatic rings. The summed E-state index contributed by atoms with van der Waals surface area (Å²) in [6.07, 6.45) is -5.07. The molecular weight excluding hydrogens is 435 g/mol. The molecule has 0 fully saturated rings. The number of halogens is 4.